The van der Waals surface area contributed by atoms with Gasteiger partial charge < -0.3 is 52.1 Å². The second-order valence-corrected chi connectivity index (χ2v) is 15.8. The van der Waals surface area contributed by atoms with Crippen molar-refractivity contribution in [1.29, 1.82) is 0 Å². The van der Waals surface area contributed by atoms with E-state index in [1.165, 1.54) is 12.1 Å². The average Bonchev–Trinajstić information content (AvgIpc) is 3.97. The minimum atomic E-state index is -2.31. The molecule has 0 aromatic heterocycles. The van der Waals surface area contributed by atoms with Crippen molar-refractivity contribution in [2.24, 2.45) is 0 Å². The molecule has 4 heterocycles. The summed E-state index contributed by atoms with van der Waals surface area (Å²) in [6, 6.07) is 32.7. The lowest BCUT2D eigenvalue weighted by atomic mass is 10.0. The Balaban J connectivity index is 1.23. The molecular formula is C46H46O15. The molecule has 4 aromatic rings. The van der Waals surface area contributed by atoms with Gasteiger partial charge in [0.05, 0.1) is 28.9 Å². The molecule has 0 unspecified atom stereocenters. The largest absolute Gasteiger partial charge is 0.459 e. The van der Waals surface area contributed by atoms with Gasteiger partial charge in [-0.1, -0.05) is 72.8 Å². The molecule has 320 valence electrons. The summed E-state index contributed by atoms with van der Waals surface area (Å²) in [6.45, 7) is 5.76. The van der Waals surface area contributed by atoms with Gasteiger partial charge in [0.1, 0.15) is 43.7 Å². The Morgan fingerprint density at radius 1 is 0.557 bits per heavy atom. The number of rotatable bonds is 13. The van der Waals surface area contributed by atoms with E-state index in [0.29, 0.717) is 0 Å². The maximum Gasteiger partial charge on any atom is 0.338 e. The first-order valence-corrected chi connectivity index (χ1v) is 19.9. The van der Waals surface area contributed by atoms with E-state index in [1.807, 2.05) is 0 Å². The number of benzene rings is 4. The normalized spacial score (nSPS) is 29.6. The number of carbonyl (C=O) groups excluding carboxylic acids is 4. The summed E-state index contributed by atoms with van der Waals surface area (Å²) >= 11 is 0. The summed E-state index contributed by atoms with van der Waals surface area (Å²) in [5.74, 6) is -7.58. The van der Waals surface area contributed by atoms with E-state index in [2.05, 4.69) is 0 Å². The van der Waals surface area contributed by atoms with Gasteiger partial charge in [0, 0.05) is 0 Å². The van der Waals surface area contributed by atoms with Crippen LogP contribution in [0.25, 0.3) is 0 Å². The number of fused-ring (bicyclic) bond motifs is 1. The molecule has 61 heavy (non-hydrogen) atoms. The first-order valence-electron chi connectivity index (χ1n) is 19.9. The van der Waals surface area contributed by atoms with Crippen LogP contribution in [0, 0.1) is 0 Å². The van der Waals surface area contributed by atoms with Gasteiger partial charge in [0.15, 0.2) is 30.1 Å². The van der Waals surface area contributed by atoms with E-state index in [4.69, 9.17) is 52.1 Å². The lowest BCUT2D eigenvalue weighted by Crippen LogP contribution is -2.57. The van der Waals surface area contributed by atoms with E-state index >= 15 is 0 Å². The Hall–Kier alpha value is -5.52. The second-order valence-electron chi connectivity index (χ2n) is 15.8. The van der Waals surface area contributed by atoms with E-state index in [0.717, 1.165) is 0 Å². The third-order valence-electron chi connectivity index (χ3n) is 10.5. The van der Waals surface area contributed by atoms with E-state index in [1.54, 1.807) is 137 Å². The zero-order chi connectivity index (χ0) is 42.8. The molecule has 0 bridgehead atoms. The zero-order valence-electron chi connectivity index (χ0n) is 33.9. The number of ether oxygens (including phenoxy) is 11. The maximum atomic E-state index is 14.2. The lowest BCUT2D eigenvalue weighted by Gasteiger charge is -2.38. The summed E-state index contributed by atoms with van der Waals surface area (Å²) in [5, 5.41) is 0. The highest BCUT2D eigenvalue weighted by Crippen LogP contribution is 2.47. The van der Waals surface area contributed by atoms with Crippen molar-refractivity contribution < 1.29 is 71.3 Å². The third-order valence-corrected chi connectivity index (χ3v) is 10.5. The summed E-state index contributed by atoms with van der Waals surface area (Å²) in [4.78, 5) is 55.3. The number of hydrogen-bond donors (Lipinski definition) is 0. The average molecular weight is 839 g/mol. The van der Waals surface area contributed by atoms with Gasteiger partial charge in [-0.25, -0.2) is 19.2 Å². The Labute approximate surface area is 352 Å². The van der Waals surface area contributed by atoms with Crippen molar-refractivity contribution in [2.75, 3.05) is 19.8 Å². The Bertz CT molecular complexity index is 2170. The van der Waals surface area contributed by atoms with Crippen molar-refractivity contribution in [2.45, 2.75) is 94.1 Å². The fourth-order valence-corrected chi connectivity index (χ4v) is 7.71. The van der Waals surface area contributed by atoms with Crippen LogP contribution in [0.15, 0.2) is 121 Å². The summed E-state index contributed by atoms with van der Waals surface area (Å²) in [6.07, 6.45) is -9.38. The summed E-state index contributed by atoms with van der Waals surface area (Å²) in [5.41, 5.74) is 0.741. The molecule has 0 amide bonds. The fraction of sp³-hybridized carbons (Fsp3) is 0.391. The molecule has 9 atom stereocenters. The van der Waals surface area contributed by atoms with Gasteiger partial charge in [-0.2, -0.15) is 0 Å². The molecule has 0 aliphatic carbocycles. The van der Waals surface area contributed by atoms with Crippen LogP contribution < -0.4 is 0 Å². The Kier molecular flexibility index (Phi) is 12.1. The smallest absolute Gasteiger partial charge is 0.338 e. The molecule has 8 rings (SSSR count). The molecule has 15 nitrogen and oxygen atoms in total. The van der Waals surface area contributed by atoms with Crippen LogP contribution in [0.5, 0.6) is 0 Å². The van der Waals surface area contributed by atoms with Crippen LogP contribution in [0.2, 0.25) is 0 Å². The molecule has 4 saturated heterocycles. The quantitative estimate of drug-likeness (QED) is 0.119. The van der Waals surface area contributed by atoms with Gasteiger partial charge in [-0.15, -0.1) is 0 Å². The van der Waals surface area contributed by atoms with Crippen LogP contribution in [-0.4, -0.2) is 110 Å². The Morgan fingerprint density at radius 2 is 1.07 bits per heavy atom. The van der Waals surface area contributed by atoms with Crippen LogP contribution in [-0.2, 0) is 52.1 Å². The number of hydrogen-bond acceptors (Lipinski definition) is 15. The topological polar surface area (TPSA) is 170 Å². The monoisotopic (exact) mass is 838 g/mol. The van der Waals surface area contributed by atoms with Gasteiger partial charge in [-0.05, 0) is 76.2 Å². The first-order chi connectivity index (χ1) is 29.3. The predicted octanol–water partition coefficient (Wildman–Crippen LogP) is 5.66. The molecule has 15 heteroatoms. The van der Waals surface area contributed by atoms with Crippen molar-refractivity contribution in [1.82, 2.24) is 0 Å². The van der Waals surface area contributed by atoms with Crippen molar-refractivity contribution in [3.8, 4) is 0 Å². The van der Waals surface area contributed by atoms with Gasteiger partial charge >= 0.3 is 23.9 Å². The molecule has 4 aromatic carbocycles. The van der Waals surface area contributed by atoms with E-state index in [-0.39, 0.29) is 28.9 Å². The Morgan fingerprint density at radius 3 is 1.59 bits per heavy atom. The molecule has 4 aliphatic heterocycles. The predicted molar refractivity (Wildman–Crippen MR) is 211 cm³/mol. The van der Waals surface area contributed by atoms with Gasteiger partial charge in [-0.3, -0.25) is 0 Å². The number of carbonyl (C=O) groups is 4. The number of esters is 4. The molecule has 0 spiro atoms. The zero-order valence-corrected chi connectivity index (χ0v) is 33.9. The SMILES string of the molecule is CC1(C)O[C@H]2O[C@H]([C@H]3COC(C)(C)O3)[C@H](O[C@@]3(COC(=O)c4ccccc4)O[C@H](COC(=O)c4ccccc4)[C@@H](OC(=O)c4ccccc4)[C@@H]3OC(=O)c3ccccc3)[C@H]2O1. The molecule has 0 radical (unpaired) electrons. The molecular weight excluding hydrogens is 792 g/mol. The van der Waals surface area contributed by atoms with E-state index < -0.39 is 103 Å². The van der Waals surface area contributed by atoms with Crippen LogP contribution in [0.1, 0.15) is 69.1 Å². The summed E-state index contributed by atoms with van der Waals surface area (Å²) in [7, 11) is 0. The van der Waals surface area contributed by atoms with Crippen LogP contribution in [0.4, 0.5) is 0 Å². The summed E-state index contributed by atoms with van der Waals surface area (Å²) < 4.78 is 69.2. The second kappa shape index (κ2) is 17.5. The highest BCUT2D eigenvalue weighted by Gasteiger charge is 2.67. The highest BCUT2D eigenvalue weighted by molar-refractivity contribution is 5.91. The van der Waals surface area contributed by atoms with E-state index in [9.17, 15) is 19.2 Å². The van der Waals surface area contributed by atoms with Crippen molar-refractivity contribution in [3.63, 3.8) is 0 Å². The third kappa shape index (κ3) is 9.38. The lowest BCUT2D eigenvalue weighted by molar-refractivity contribution is -0.317. The minimum absolute atomic E-state index is 0.0962. The minimum Gasteiger partial charge on any atom is -0.459 e. The molecule has 0 saturated carbocycles. The highest BCUT2D eigenvalue weighted by atomic mass is 16.9. The standard InChI is InChI=1S/C46H46O15/c1-44(2)53-26-33(57-44)34-36(37-43(55-34)61-45(3,4)59-37)60-46(27-52-40(48)29-19-11-6-12-20-29)38(56-42(50)31-23-15-8-16-24-31)35(54-41(49)30-21-13-7-14-22-30)32(58-46)25-51-39(47)28-17-9-5-10-18-28/h5-24,32-38,43H,25-27H2,1-4H3/t32-,33-,34-,35-,36+,37-,38+,43-,46-/m1/s1. The van der Waals surface area contributed by atoms with Crippen LogP contribution in [0.3, 0.4) is 0 Å². The van der Waals surface area contributed by atoms with Crippen molar-refractivity contribution in [3.05, 3.63) is 144 Å². The van der Waals surface area contributed by atoms with Gasteiger partial charge in [0.25, 0.3) is 0 Å². The first kappa shape index (κ1) is 42.2. The van der Waals surface area contributed by atoms with Gasteiger partial charge in [0.2, 0.25) is 5.79 Å². The molecule has 4 fully saturated rings. The fourth-order valence-electron chi connectivity index (χ4n) is 7.71. The molecule has 0 N–H and O–H groups in total. The van der Waals surface area contributed by atoms with Crippen LogP contribution >= 0.6 is 0 Å². The maximum absolute atomic E-state index is 14.2. The molecule has 4 aliphatic rings. The van der Waals surface area contributed by atoms with Crippen molar-refractivity contribution >= 4 is 23.9 Å².